The number of rotatable bonds is 8. The van der Waals surface area contributed by atoms with Gasteiger partial charge in [-0.05, 0) is 75.5 Å². The quantitative estimate of drug-likeness (QED) is 0.462. The summed E-state index contributed by atoms with van der Waals surface area (Å²) >= 11 is 1.68. The normalized spacial score (nSPS) is 18.1. The number of piperidine rings is 1. The zero-order valence-corrected chi connectivity index (χ0v) is 18.8. The summed E-state index contributed by atoms with van der Waals surface area (Å²) in [6.45, 7) is 8.70. The van der Waals surface area contributed by atoms with E-state index in [2.05, 4.69) is 6.08 Å². The Kier molecular flexibility index (Phi) is 10.4. The number of nitrogens with one attached hydrogen (secondary N) is 1. The van der Waals surface area contributed by atoms with E-state index in [9.17, 15) is 9.90 Å². The number of nitrogens with zero attached hydrogens (tertiary/aromatic N) is 1. The Morgan fingerprint density at radius 3 is 2.43 bits per heavy atom. The predicted octanol–water partition coefficient (Wildman–Crippen LogP) is 4.43. The van der Waals surface area contributed by atoms with E-state index in [-0.39, 0.29) is 24.5 Å². The van der Waals surface area contributed by atoms with Gasteiger partial charge in [0, 0.05) is 18.8 Å². The molecular weight excluding hydrogens is 371 g/mol. The Balaban J connectivity index is 2.71. The van der Waals surface area contributed by atoms with Crippen LogP contribution in [0.25, 0.3) is 0 Å². The maximum atomic E-state index is 12.2. The van der Waals surface area contributed by atoms with Gasteiger partial charge in [0.1, 0.15) is 5.60 Å². The average Bonchev–Trinajstić information content (AvgIpc) is 2.64. The summed E-state index contributed by atoms with van der Waals surface area (Å²) < 4.78 is 5.45. The van der Waals surface area contributed by atoms with Crippen molar-refractivity contribution in [2.75, 3.05) is 26.0 Å². The molecule has 1 atom stereocenters. The molecule has 5 nitrogen and oxygen atoms in total. The van der Waals surface area contributed by atoms with Crippen LogP contribution >= 0.6 is 11.8 Å². The molecule has 156 valence electrons. The maximum Gasteiger partial charge on any atom is 0.410 e. The van der Waals surface area contributed by atoms with Gasteiger partial charge in [-0.25, -0.2) is 4.79 Å². The number of carbonyl (C=O) groups excluding carboxylic acids is 1. The van der Waals surface area contributed by atoms with Gasteiger partial charge in [-0.15, -0.1) is 11.8 Å². The highest BCUT2D eigenvalue weighted by Gasteiger charge is 2.32. The van der Waals surface area contributed by atoms with E-state index >= 15 is 0 Å². The van der Waals surface area contributed by atoms with Crippen molar-refractivity contribution in [3.8, 4) is 0 Å². The number of carbonyl (C=O) groups is 1. The molecule has 1 fully saturated rings. The molecule has 0 saturated carbocycles. The summed E-state index contributed by atoms with van der Waals surface area (Å²) in [5.74, 6) is 0.124. The van der Waals surface area contributed by atoms with Crippen LogP contribution in [0.15, 0.2) is 22.6 Å². The number of hydrogen-bond donors (Lipinski definition) is 2. The molecule has 28 heavy (non-hydrogen) atoms. The van der Waals surface area contributed by atoms with Crippen molar-refractivity contribution in [3.05, 3.63) is 22.6 Å². The minimum absolute atomic E-state index is 0.107. The topological polar surface area (TPSA) is 73.6 Å². The molecule has 0 bridgehead atoms. The summed E-state index contributed by atoms with van der Waals surface area (Å²) in [5.41, 5.74) is 0.575. The Bertz CT molecular complexity index is 591. The van der Waals surface area contributed by atoms with Crippen molar-refractivity contribution >= 4 is 31.4 Å². The van der Waals surface area contributed by atoms with Crippen LogP contribution in [-0.2, 0) is 4.74 Å². The van der Waals surface area contributed by atoms with Crippen molar-refractivity contribution in [1.29, 1.82) is 5.41 Å². The first-order valence-corrected chi connectivity index (χ1v) is 11.1. The third kappa shape index (κ3) is 8.04. The molecule has 2 radical (unpaired) electrons. The van der Waals surface area contributed by atoms with Crippen molar-refractivity contribution in [1.82, 2.24) is 4.90 Å². The lowest BCUT2D eigenvalue weighted by atomic mass is 9.73. The Morgan fingerprint density at radius 1 is 1.36 bits per heavy atom. The highest BCUT2D eigenvalue weighted by atomic mass is 32.2. The van der Waals surface area contributed by atoms with Crippen LogP contribution in [0.2, 0.25) is 6.32 Å². The van der Waals surface area contributed by atoms with E-state index in [1.807, 2.05) is 40.0 Å². The second kappa shape index (κ2) is 11.7. The smallest absolute Gasteiger partial charge is 0.410 e. The van der Waals surface area contributed by atoms with Crippen LogP contribution in [0, 0.1) is 17.2 Å². The molecule has 1 saturated heterocycles. The molecule has 1 rings (SSSR count). The van der Waals surface area contributed by atoms with Gasteiger partial charge in [-0.1, -0.05) is 18.5 Å². The molecule has 1 unspecified atom stereocenters. The van der Waals surface area contributed by atoms with Crippen LogP contribution in [0.1, 0.15) is 47.0 Å². The lowest BCUT2D eigenvalue weighted by Gasteiger charge is -2.37. The van der Waals surface area contributed by atoms with Gasteiger partial charge in [-0.2, -0.15) is 0 Å². The SMILES string of the molecule is [B]CC(C(=N)C(=CCC=C(C)SC)CO)C1CCN(C(=O)OC(C)(C)C)CC1. The second-order valence-corrected chi connectivity index (χ2v) is 9.25. The molecule has 1 heterocycles. The van der Waals surface area contributed by atoms with Crippen molar-refractivity contribution in [2.24, 2.45) is 11.8 Å². The van der Waals surface area contributed by atoms with Gasteiger partial charge >= 0.3 is 6.09 Å². The maximum absolute atomic E-state index is 12.2. The average molecular weight is 406 g/mol. The van der Waals surface area contributed by atoms with Crippen LogP contribution < -0.4 is 0 Å². The Morgan fingerprint density at radius 2 is 1.96 bits per heavy atom. The third-order valence-corrected chi connectivity index (χ3v) is 5.80. The van der Waals surface area contributed by atoms with Crippen molar-refractivity contribution in [2.45, 2.75) is 58.9 Å². The first-order valence-electron chi connectivity index (χ1n) is 9.90. The van der Waals surface area contributed by atoms with E-state index in [0.29, 0.717) is 37.1 Å². The van der Waals surface area contributed by atoms with Crippen LogP contribution in [0.5, 0.6) is 0 Å². The highest BCUT2D eigenvalue weighted by Crippen LogP contribution is 2.30. The second-order valence-electron chi connectivity index (χ2n) is 8.20. The number of thioether (sulfide) groups is 1. The minimum atomic E-state index is -0.500. The summed E-state index contributed by atoms with van der Waals surface area (Å²) in [7, 11) is 6.00. The van der Waals surface area contributed by atoms with Gasteiger partial charge in [0.25, 0.3) is 0 Å². The van der Waals surface area contributed by atoms with E-state index in [4.69, 9.17) is 18.0 Å². The molecule has 0 aromatic rings. The first-order chi connectivity index (χ1) is 13.1. The number of aliphatic hydroxyl groups excluding tert-OH is 1. The molecule has 2 N–H and O–H groups in total. The first kappa shape index (κ1) is 24.8. The zero-order chi connectivity index (χ0) is 21.3. The molecular formula is C21H35BN2O3S. The summed E-state index contributed by atoms with van der Waals surface area (Å²) in [6.07, 6.45) is 8.38. The third-order valence-electron chi connectivity index (χ3n) is 4.99. The zero-order valence-electron chi connectivity index (χ0n) is 18.0. The van der Waals surface area contributed by atoms with Gasteiger partial charge < -0.3 is 20.2 Å². The van der Waals surface area contributed by atoms with Crippen LogP contribution in [0.4, 0.5) is 4.79 Å². The summed E-state index contributed by atoms with van der Waals surface area (Å²) in [4.78, 5) is 15.2. The molecule has 0 aromatic heterocycles. The summed E-state index contributed by atoms with van der Waals surface area (Å²) in [5, 5.41) is 18.3. The van der Waals surface area contributed by atoms with Crippen LogP contribution in [-0.4, -0.2) is 61.2 Å². The van der Waals surface area contributed by atoms with Gasteiger partial charge in [-0.3, -0.25) is 0 Å². The fourth-order valence-electron chi connectivity index (χ4n) is 3.31. The monoisotopic (exact) mass is 406 g/mol. The molecule has 1 aliphatic rings. The number of likely N-dealkylation sites (tertiary alicyclic amines) is 1. The lowest BCUT2D eigenvalue weighted by Crippen LogP contribution is -2.43. The number of aliphatic hydroxyl groups is 1. The van der Waals surface area contributed by atoms with E-state index in [1.54, 1.807) is 16.7 Å². The number of amides is 1. The summed E-state index contributed by atoms with van der Waals surface area (Å²) in [6, 6.07) is 0. The van der Waals surface area contributed by atoms with Gasteiger partial charge in [0.15, 0.2) is 0 Å². The highest BCUT2D eigenvalue weighted by molar-refractivity contribution is 8.02. The minimum Gasteiger partial charge on any atom is -0.444 e. The molecule has 0 spiro atoms. The molecule has 1 amide bonds. The van der Waals surface area contributed by atoms with Gasteiger partial charge in [0.05, 0.1) is 14.5 Å². The molecule has 0 aromatic carbocycles. The molecule has 1 aliphatic heterocycles. The predicted molar refractivity (Wildman–Crippen MR) is 119 cm³/mol. The van der Waals surface area contributed by atoms with E-state index < -0.39 is 5.60 Å². The van der Waals surface area contributed by atoms with Crippen molar-refractivity contribution < 1.29 is 14.6 Å². The van der Waals surface area contributed by atoms with Crippen LogP contribution in [0.3, 0.4) is 0 Å². The Hall–Kier alpha value is -1.21. The number of hydrogen-bond acceptors (Lipinski definition) is 5. The standard InChI is InChI=1S/C21H35BN2O3S/c1-15(28-5)7-6-8-17(14-25)19(23)18(13-22)16-9-11-24(12-10-16)20(26)27-21(2,3)4/h7-8,16,18,23,25H,6,9-14H2,1-5H3. The Labute approximate surface area is 175 Å². The largest absolute Gasteiger partial charge is 0.444 e. The molecule has 0 aliphatic carbocycles. The van der Waals surface area contributed by atoms with Gasteiger partial charge in [0.2, 0.25) is 0 Å². The van der Waals surface area contributed by atoms with E-state index in [1.165, 1.54) is 4.91 Å². The molecule has 7 heteroatoms. The fourth-order valence-corrected chi connectivity index (χ4v) is 3.57. The number of allylic oxidation sites excluding steroid dienone is 3. The lowest BCUT2D eigenvalue weighted by molar-refractivity contribution is 0.0174. The van der Waals surface area contributed by atoms with E-state index in [0.717, 1.165) is 12.8 Å². The fraction of sp³-hybridized carbons (Fsp3) is 0.714. The van der Waals surface area contributed by atoms with Crippen molar-refractivity contribution in [3.63, 3.8) is 0 Å². The number of ether oxygens (including phenoxy) is 1.